The molecule has 1 fully saturated rings. The number of carbonyl (C=O) groups excluding carboxylic acids is 2. The largest absolute Gasteiger partial charge is 0.467 e. The molecule has 1 aliphatic carbocycles. The summed E-state index contributed by atoms with van der Waals surface area (Å²) in [5, 5.41) is 3.98. The van der Waals surface area contributed by atoms with Crippen molar-refractivity contribution in [2.75, 3.05) is 7.11 Å². The number of hydrogen-bond donors (Lipinski definition) is 1. The highest BCUT2D eigenvalue weighted by Crippen LogP contribution is 2.48. The summed E-state index contributed by atoms with van der Waals surface area (Å²) in [5.41, 5.74) is 1.90. The number of methoxy groups -OCH3 is 1. The lowest BCUT2D eigenvalue weighted by atomic mass is 9.93. The van der Waals surface area contributed by atoms with Crippen molar-refractivity contribution in [1.82, 2.24) is 5.32 Å². The van der Waals surface area contributed by atoms with E-state index in [1.165, 1.54) is 7.11 Å². The SMILES string of the molecule is COC(=O)[C@H](NC(=O)[C@@H]1C[C@H]1c1cc(Cl)cc(Cl)c1)[C@@H](C)c1ccccc1. The van der Waals surface area contributed by atoms with Crippen molar-refractivity contribution in [2.24, 2.45) is 5.92 Å². The second-order valence-corrected chi connectivity index (χ2v) is 7.73. The smallest absolute Gasteiger partial charge is 0.328 e. The maximum atomic E-state index is 12.7. The van der Waals surface area contributed by atoms with Gasteiger partial charge in [0.1, 0.15) is 6.04 Å². The van der Waals surface area contributed by atoms with Gasteiger partial charge >= 0.3 is 5.97 Å². The zero-order chi connectivity index (χ0) is 19.6. The third-order valence-electron chi connectivity index (χ3n) is 5.02. The van der Waals surface area contributed by atoms with Crippen LogP contribution in [0.1, 0.15) is 36.3 Å². The van der Waals surface area contributed by atoms with E-state index in [0.717, 1.165) is 11.1 Å². The molecule has 0 aromatic heterocycles. The molecule has 0 bridgehead atoms. The van der Waals surface area contributed by atoms with E-state index in [1.54, 1.807) is 6.07 Å². The molecule has 4 nitrogen and oxygen atoms in total. The van der Waals surface area contributed by atoms with Crippen LogP contribution in [-0.4, -0.2) is 25.0 Å². The number of esters is 1. The Bertz CT molecular complexity index is 820. The van der Waals surface area contributed by atoms with Gasteiger partial charge in [0.05, 0.1) is 7.11 Å². The molecule has 0 saturated heterocycles. The van der Waals surface area contributed by atoms with Gasteiger partial charge in [-0.3, -0.25) is 4.79 Å². The van der Waals surface area contributed by atoms with E-state index >= 15 is 0 Å². The van der Waals surface area contributed by atoms with Gasteiger partial charge in [0.25, 0.3) is 0 Å². The van der Waals surface area contributed by atoms with Crippen LogP contribution in [0.2, 0.25) is 10.0 Å². The molecule has 4 atom stereocenters. The molecule has 1 N–H and O–H groups in total. The van der Waals surface area contributed by atoms with E-state index in [-0.39, 0.29) is 23.7 Å². The Hall–Kier alpha value is -2.04. The Morgan fingerprint density at radius 3 is 2.33 bits per heavy atom. The highest BCUT2D eigenvalue weighted by atomic mass is 35.5. The van der Waals surface area contributed by atoms with E-state index in [2.05, 4.69) is 5.32 Å². The second kappa shape index (κ2) is 8.32. The van der Waals surface area contributed by atoms with Crippen molar-refractivity contribution in [2.45, 2.75) is 31.2 Å². The number of rotatable bonds is 6. The average molecular weight is 406 g/mol. The van der Waals surface area contributed by atoms with Gasteiger partial charge in [-0.05, 0) is 41.7 Å². The highest BCUT2D eigenvalue weighted by Gasteiger charge is 2.45. The number of hydrogen-bond acceptors (Lipinski definition) is 3. The molecule has 2 aromatic carbocycles. The second-order valence-electron chi connectivity index (χ2n) is 6.86. The van der Waals surface area contributed by atoms with Crippen LogP contribution < -0.4 is 5.32 Å². The standard InChI is InChI=1S/C21H21Cl2NO3/c1-12(13-6-4-3-5-7-13)19(21(26)27-2)24-20(25)18-11-17(18)14-8-15(22)10-16(23)9-14/h3-10,12,17-19H,11H2,1-2H3,(H,24,25)/t12-,17-,18+,19+/m0/s1. The first-order valence-electron chi connectivity index (χ1n) is 8.80. The van der Waals surface area contributed by atoms with Gasteiger partial charge in [0.15, 0.2) is 0 Å². The van der Waals surface area contributed by atoms with Gasteiger partial charge in [-0.15, -0.1) is 0 Å². The highest BCUT2D eigenvalue weighted by molar-refractivity contribution is 6.34. The lowest BCUT2D eigenvalue weighted by Crippen LogP contribution is -2.45. The molecule has 0 heterocycles. The molecule has 2 aromatic rings. The van der Waals surface area contributed by atoms with Crippen LogP contribution in [-0.2, 0) is 14.3 Å². The Kier molecular flexibility index (Phi) is 6.08. The maximum Gasteiger partial charge on any atom is 0.328 e. The van der Waals surface area contributed by atoms with Crippen LogP contribution in [0.4, 0.5) is 0 Å². The average Bonchev–Trinajstić information content (AvgIpc) is 3.46. The van der Waals surface area contributed by atoms with Crippen molar-refractivity contribution in [3.8, 4) is 0 Å². The number of benzene rings is 2. The number of nitrogens with one attached hydrogen (secondary N) is 1. The van der Waals surface area contributed by atoms with Gasteiger partial charge < -0.3 is 10.1 Å². The number of ether oxygens (including phenoxy) is 1. The monoisotopic (exact) mass is 405 g/mol. The molecule has 0 spiro atoms. The number of carbonyl (C=O) groups is 2. The molecular weight excluding hydrogens is 385 g/mol. The molecule has 1 aliphatic rings. The van der Waals surface area contributed by atoms with Crippen LogP contribution >= 0.6 is 23.2 Å². The molecule has 0 aliphatic heterocycles. The first-order chi connectivity index (χ1) is 12.9. The van der Waals surface area contributed by atoms with Gasteiger partial charge in [0.2, 0.25) is 5.91 Å². The molecule has 1 saturated carbocycles. The molecule has 142 valence electrons. The van der Waals surface area contributed by atoms with Crippen molar-refractivity contribution < 1.29 is 14.3 Å². The van der Waals surface area contributed by atoms with Gasteiger partial charge in [0, 0.05) is 21.9 Å². The van der Waals surface area contributed by atoms with E-state index in [9.17, 15) is 9.59 Å². The van der Waals surface area contributed by atoms with E-state index in [1.807, 2.05) is 49.4 Å². The lowest BCUT2D eigenvalue weighted by Gasteiger charge is -2.23. The van der Waals surface area contributed by atoms with Crippen LogP contribution in [0.15, 0.2) is 48.5 Å². The Labute approximate surface area is 168 Å². The fourth-order valence-corrected chi connectivity index (χ4v) is 3.91. The van der Waals surface area contributed by atoms with Crippen molar-refractivity contribution in [3.63, 3.8) is 0 Å². The Balaban J connectivity index is 1.71. The molecule has 0 unspecified atom stereocenters. The molecule has 3 rings (SSSR count). The third-order valence-corrected chi connectivity index (χ3v) is 5.45. The summed E-state index contributed by atoms with van der Waals surface area (Å²) in [5.74, 6) is -0.960. The van der Waals surface area contributed by atoms with Crippen LogP contribution in [0.25, 0.3) is 0 Å². The lowest BCUT2D eigenvalue weighted by molar-refractivity contribution is -0.145. The van der Waals surface area contributed by atoms with Gasteiger partial charge in [-0.1, -0.05) is 60.5 Å². The van der Waals surface area contributed by atoms with E-state index in [0.29, 0.717) is 16.5 Å². The summed E-state index contributed by atoms with van der Waals surface area (Å²) in [4.78, 5) is 25.0. The minimum absolute atomic E-state index is 0.0616. The maximum absolute atomic E-state index is 12.7. The topological polar surface area (TPSA) is 55.4 Å². The van der Waals surface area contributed by atoms with E-state index in [4.69, 9.17) is 27.9 Å². The first kappa shape index (κ1) is 19.7. The third kappa shape index (κ3) is 4.63. The summed E-state index contributed by atoms with van der Waals surface area (Å²) in [6, 6.07) is 14.2. The normalized spacial score (nSPS) is 20.4. The zero-order valence-electron chi connectivity index (χ0n) is 15.1. The minimum atomic E-state index is -0.742. The summed E-state index contributed by atoms with van der Waals surface area (Å²) in [7, 11) is 1.33. The fourth-order valence-electron chi connectivity index (χ4n) is 3.37. The minimum Gasteiger partial charge on any atom is -0.467 e. The quantitative estimate of drug-likeness (QED) is 0.716. The molecule has 6 heteroatoms. The predicted molar refractivity (Wildman–Crippen MR) is 106 cm³/mol. The summed E-state index contributed by atoms with van der Waals surface area (Å²) < 4.78 is 4.91. The summed E-state index contributed by atoms with van der Waals surface area (Å²) in [6.45, 7) is 1.90. The van der Waals surface area contributed by atoms with Gasteiger partial charge in [-0.2, -0.15) is 0 Å². The van der Waals surface area contributed by atoms with Gasteiger partial charge in [-0.25, -0.2) is 4.79 Å². The predicted octanol–water partition coefficient (Wildman–Crippen LogP) is 4.56. The zero-order valence-corrected chi connectivity index (χ0v) is 16.6. The number of halogens is 2. The Morgan fingerprint density at radius 2 is 1.74 bits per heavy atom. The molecule has 0 radical (unpaired) electrons. The number of amides is 1. The van der Waals surface area contributed by atoms with Crippen LogP contribution in [0.3, 0.4) is 0 Å². The fraction of sp³-hybridized carbons (Fsp3) is 0.333. The Morgan fingerprint density at radius 1 is 1.11 bits per heavy atom. The summed E-state index contributed by atoms with van der Waals surface area (Å²) in [6.07, 6.45) is 0.704. The molecular formula is C21H21Cl2NO3. The van der Waals surface area contributed by atoms with Crippen molar-refractivity contribution in [3.05, 3.63) is 69.7 Å². The molecule has 27 heavy (non-hydrogen) atoms. The van der Waals surface area contributed by atoms with Crippen LogP contribution in [0, 0.1) is 5.92 Å². The van der Waals surface area contributed by atoms with Crippen molar-refractivity contribution in [1.29, 1.82) is 0 Å². The van der Waals surface area contributed by atoms with Crippen LogP contribution in [0.5, 0.6) is 0 Å². The van der Waals surface area contributed by atoms with E-state index < -0.39 is 12.0 Å². The summed E-state index contributed by atoms with van der Waals surface area (Å²) >= 11 is 12.1. The first-order valence-corrected chi connectivity index (χ1v) is 9.55. The molecule has 1 amide bonds. The van der Waals surface area contributed by atoms with Crippen molar-refractivity contribution >= 4 is 35.1 Å².